The highest BCUT2D eigenvalue weighted by atomic mass is 16.5. The third-order valence-corrected chi connectivity index (χ3v) is 3.69. The molecule has 5 heteroatoms. The van der Waals surface area contributed by atoms with Crippen LogP contribution in [-0.2, 0) is 9.47 Å². The maximum absolute atomic E-state index is 12.2. The van der Waals surface area contributed by atoms with Gasteiger partial charge in [-0.1, -0.05) is 0 Å². The van der Waals surface area contributed by atoms with Crippen LogP contribution in [0.3, 0.4) is 0 Å². The summed E-state index contributed by atoms with van der Waals surface area (Å²) in [6.45, 7) is 8.81. The standard InChI is InChI=1S/C12H24N2O3/c1-10(12(2,3)17-5)14-7-6-13(11(14)15)8-9-16-4/h10H,6-9H2,1-5H3. The van der Waals surface area contributed by atoms with E-state index in [-0.39, 0.29) is 17.7 Å². The number of rotatable bonds is 6. The van der Waals surface area contributed by atoms with Gasteiger partial charge in [-0.2, -0.15) is 0 Å². The van der Waals surface area contributed by atoms with Crippen LogP contribution in [0.5, 0.6) is 0 Å². The Morgan fingerprint density at radius 1 is 1.35 bits per heavy atom. The molecule has 0 saturated carbocycles. The van der Waals surface area contributed by atoms with Crippen LogP contribution < -0.4 is 0 Å². The van der Waals surface area contributed by atoms with Crippen molar-refractivity contribution in [1.82, 2.24) is 9.80 Å². The van der Waals surface area contributed by atoms with E-state index in [1.165, 1.54) is 0 Å². The first-order valence-electron chi connectivity index (χ1n) is 6.03. The Labute approximate surface area is 104 Å². The lowest BCUT2D eigenvalue weighted by Crippen LogP contribution is -2.50. The molecule has 100 valence electrons. The minimum atomic E-state index is -0.326. The zero-order chi connectivity index (χ0) is 13.1. The molecular weight excluding hydrogens is 220 g/mol. The first-order valence-corrected chi connectivity index (χ1v) is 6.03. The third-order valence-electron chi connectivity index (χ3n) is 3.69. The molecule has 1 unspecified atom stereocenters. The molecule has 0 aromatic rings. The molecular formula is C12H24N2O3. The summed E-state index contributed by atoms with van der Waals surface area (Å²) in [7, 11) is 3.33. The van der Waals surface area contributed by atoms with Crippen molar-refractivity contribution in [3.63, 3.8) is 0 Å². The second kappa shape index (κ2) is 5.69. The molecule has 0 aliphatic carbocycles. The average molecular weight is 244 g/mol. The zero-order valence-corrected chi connectivity index (χ0v) is 11.5. The Balaban J connectivity index is 2.60. The Morgan fingerprint density at radius 2 is 2.00 bits per heavy atom. The fourth-order valence-corrected chi connectivity index (χ4v) is 1.92. The minimum Gasteiger partial charge on any atom is -0.383 e. The van der Waals surface area contributed by atoms with Crippen molar-refractivity contribution >= 4 is 6.03 Å². The molecule has 1 saturated heterocycles. The van der Waals surface area contributed by atoms with Gasteiger partial charge in [-0.3, -0.25) is 0 Å². The Bertz CT molecular complexity index is 268. The molecule has 0 spiro atoms. The number of urea groups is 1. The predicted molar refractivity (Wildman–Crippen MR) is 66.1 cm³/mol. The van der Waals surface area contributed by atoms with Crippen molar-refractivity contribution in [1.29, 1.82) is 0 Å². The number of carbonyl (C=O) groups excluding carboxylic acids is 1. The molecule has 17 heavy (non-hydrogen) atoms. The summed E-state index contributed by atoms with van der Waals surface area (Å²) in [5.41, 5.74) is -0.326. The SMILES string of the molecule is COCCN1CCN(C(C)C(C)(C)OC)C1=O. The number of carbonyl (C=O) groups is 1. The smallest absolute Gasteiger partial charge is 0.320 e. The van der Waals surface area contributed by atoms with E-state index < -0.39 is 0 Å². The van der Waals surface area contributed by atoms with Gasteiger partial charge in [0.05, 0.1) is 18.2 Å². The molecule has 0 radical (unpaired) electrons. The van der Waals surface area contributed by atoms with Gasteiger partial charge in [0.1, 0.15) is 0 Å². The van der Waals surface area contributed by atoms with E-state index in [9.17, 15) is 4.79 Å². The summed E-state index contributed by atoms with van der Waals surface area (Å²) in [6, 6.07) is 0.146. The van der Waals surface area contributed by atoms with Crippen molar-refractivity contribution in [2.75, 3.05) is 40.5 Å². The lowest BCUT2D eigenvalue weighted by atomic mass is 9.99. The van der Waals surface area contributed by atoms with Gasteiger partial charge in [0, 0.05) is 33.9 Å². The monoisotopic (exact) mass is 244 g/mol. The van der Waals surface area contributed by atoms with E-state index in [0.717, 1.165) is 13.1 Å². The second-order valence-corrected chi connectivity index (χ2v) is 4.94. The van der Waals surface area contributed by atoms with Crippen molar-refractivity contribution in [2.45, 2.75) is 32.4 Å². The van der Waals surface area contributed by atoms with Crippen LogP contribution in [0, 0.1) is 0 Å². The van der Waals surface area contributed by atoms with Gasteiger partial charge in [-0.25, -0.2) is 4.79 Å². The minimum absolute atomic E-state index is 0.0625. The van der Waals surface area contributed by atoms with E-state index in [4.69, 9.17) is 9.47 Å². The van der Waals surface area contributed by atoms with Gasteiger partial charge < -0.3 is 19.3 Å². The van der Waals surface area contributed by atoms with Crippen LogP contribution in [0.15, 0.2) is 0 Å². The highest BCUT2D eigenvalue weighted by Gasteiger charge is 2.38. The van der Waals surface area contributed by atoms with E-state index >= 15 is 0 Å². The van der Waals surface area contributed by atoms with Crippen molar-refractivity contribution in [2.24, 2.45) is 0 Å². The topological polar surface area (TPSA) is 42.0 Å². The molecule has 5 nitrogen and oxygen atoms in total. The summed E-state index contributed by atoms with van der Waals surface area (Å²) >= 11 is 0. The van der Waals surface area contributed by atoms with Crippen LogP contribution in [-0.4, -0.2) is 67.9 Å². The van der Waals surface area contributed by atoms with Crippen LogP contribution in [0.2, 0.25) is 0 Å². The molecule has 0 bridgehead atoms. The van der Waals surface area contributed by atoms with E-state index in [1.54, 1.807) is 14.2 Å². The number of amides is 2. The third kappa shape index (κ3) is 3.10. The van der Waals surface area contributed by atoms with Gasteiger partial charge in [-0.15, -0.1) is 0 Å². The molecule has 1 aliphatic rings. The molecule has 2 amide bonds. The van der Waals surface area contributed by atoms with Gasteiger partial charge in [0.2, 0.25) is 0 Å². The molecule has 1 aliphatic heterocycles. The lowest BCUT2D eigenvalue weighted by Gasteiger charge is -2.36. The molecule has 1 rings (SSSR count). The van der Waals surface area contributed by atoms with Gasteiger partial charge >= 0.3 is 6.03 Å². The van der Waals surface area contributed by atoms with Crippen LogP contribution >= 0.6 is 0 Å². The highest BCUT2D eigenvalue weighted by molar-refractivity contribution is 5.77. The first-order chi connectivity index (χ1) is 7.94. The van der Waals surface area contributed by atoms with Crippen LogP contribution in [0.1, 0.15) is 20.8 Å². The van der Waals surface area contributed by atoms with Crippen molar-refractivity contribution in [3.8, 4) is 0 Å². The Kier molecular flexibility index (Phi) is 4.77. The maximum Gasteiger partial charge on any atom is 0.320 e. The summed E-state index contributed by atoms with van der Waals surface area (Å²) < 4.78 is 10.4. The number of hydrogen-bond donors (Lipinski definition) is 0. The second-order valence-electron chi connectivity index (χ2n) is 4.94. The average Bonchev–Trinajstić information content (AvgIpc) is 2.67. The Hall–Kier alpha value is -0.810. The number of methoxy groups -OCH3 is 2. The van der Waals surface area contributed by atoms with E-state index in [2.05, 4.69) is 0 Å². The molecule has 0 aromatic heterocycles. The Morgan fingerprint density at radius 3 is 2.53 bits per heavy atom. The summed E-state index contributed by atoms with van der Waals surface area (Å²) in [4.78, 5) is 15.9. The highest BCUT2D eigenvalue weighted by Crippen LogP contribution is 2.23. The fraction of sp³-hybridized carbons (Fsp3) is 0.917. The van der Waals surface area contributed by atoms with Gasteiger partial charge in [0.25, 0.3) is 0 Å². The normalized spacial score (nSPS) is 19.0. The molecule has 1 heterocycles. The predicted octanol–water partition coefficient (Wildman–Crippen LogP) is 1.18. The number of nitrogens with zero attached hydrogens (tertiary/aromatic N) is 2. The summed E-state index contributed by atoms with van der Waals surface area (Å²) in [5.74, 6) is 0. The van der Waals surface area contributed by atoms with Crippen molar-refractivity contribution < 1.29 is 14.3 Å². The van der Waals surface area contributed by atoms with Crippen molar-refractivity contribution in [3.05, 3.63) is 0 Å². The number of ether oxygens (including phenoxy) is 2. The van der Waals surface area contributed by atoms with Gasteiger partial charge in [-0.05, 0) is 20.8 Å². The van der Waals surface area contributed by atoms with Crippen LogP contribution in [0.25, 0.3) is 0 Å². The lowest BCUT2D eigenvalue weighted by molar-refractivity contribution is -0.0315. The fourth-order valence-electron chi connectivity index (χ4n) is 1.92. The maximum atomic E-state index is 12.2. The molecule has 1 fully saturated rings. The number of hydrogen-bond acceptors (Lipinski definition) is 3. The summed E-state index contributed by atoms with van der Waals surface area (Å²) in [5, 5.41) is 0. The first kappa shape index (κ1) is 14.3. The molecule has 0 aromatic carbocycles. The summed E-state index contributed by atoms with van der Waals surface area (Å²) in [6.07, 6.45) is 0. The van der Waals surface area contributed by atoms with Crippen LogP contribution in [0.4, 0.5) is 4.79 Å². The van der Waals surface area contributed by atoms with E-state index in [1.807, 2.05) is 30.6 Å². The molecule has 1 atom stereocenters. The largest absolute Gasteiger partial charge is 0.383 e. The van der Waals surface area contributed by atoms with E-state index in [0.29, 0.717) is 13.2 Å². The van der Waals surface area contributed by atoms with Gasteiger partial charge in [0.15, 0.2) is 0 Å². The zero-order valence-electron chi connectivity index (χ0n) is 11.5. The molecule has 0 N–H and O–H groups in total. The quantitative estimate of drug-likeness (QED) is 0.704.